The van der Waals surface area contributed by atoms with Gasteiger partial charge in [-0.3, -0.25) is 9.48 Å². The van der Waals surface area contributed by atoms with E-state index in [9.17, 15) is 4.79 Å². The predicted octanol–water partition coefficient (Wildman–Crippen LogP) is 1.88. The quantitative estimate of drug-likeness (QED) is 0.775. The van der Waals surface area contributed by atoms with E-state index in [-0.39, 0.29) is 23.2 Å². The Labute approximate surface area is 119 Å². The van der Waals surface area contributed by atoms with Crippen LogP contribution in [0.3, 0.4) is 0 Å². The van der Waals surface area contributed by atoms with Crippen LogP contribution in [-0.4, -0.2) is 34.6 Å². The fourth-order valence-corrected chi connectivity index (χ4v) is 3.42. The maximum absolute atomic E-state index is 12.4. The number of esters is 1. The van der Waals surface area contributed by atoms with Gasteiger partial charge in [-0.05, 0) is 33.3 Å². The number of carbonyl (C=O) groups excluding carboxylic acids is 1. The minimum atomic E-state index is -0.438. The summed E-state index contributed by atoms with van der Waals surface area (Å²) in [5.41, 5.74) is 0.790. The topological polar surface area (TPSA) is 53.4 Å². The molecule has 3 rings (SSSR count). The molecule has 1 saturated heterocycles. The summed E-state index contributed by atoms with van der Waals surface area (Å²) in [6.45, 7) is 7.20. The van der Waals surface area contributed by atoms with Crippen molar-refractivity contribution in [2.75, 3.05) is 13.2 Å². The van der Waals surface area contributed by atoms with Gasteiger partial charge in [0, 0.05) is 30.3 Å². The highest BCUT2D eigenvalue weighted by atomic mass is 16.6. The largest absolute Gasteiger partial charge is 0.460 e. The molecule has 1 spiro atoms. The zero-order valence-corrected chi connectivity index (χ0v) is 12.5. The van der Waals surface area contributed by atoms with E-state index >= 15 is 0 Å². The van der Waals surface area contributed by atoms with E-state index in [1.165, 1.54) is 0 Å². The third-order valence-electron chi connectivity index (χ3n) is 4.35. The molecule has 2 fully saturated rings. The molecule has 1 aromatic heterocycles. The van der Waals surface area contributed by atoms with Gasteiger partial charge >= 0.3 is 5.97 Å². The van der Waals surface area contributed by atoms with E-state index in [1.54, 1.807) is 6.20 Å². The van der Waals surface area contributed by atoms with Crippen LogP contribution in [0.5, 0.6) is 0 Å². The fourth-order valence-electron chi connectivity index (χ4n) is 3.42. The molecule has 1 aliphatic heterocycles. The average Bonchev–Trinajstić information content (AvgIpc) is 2.58. The molecule has 0 N–H and O–H groups in total. The number of hydrogen-bond donors (Lipinski definition) is 0. The first-order valence-electron chi connectivity index (χ1n) is 7.11. The summed E-state index contributed by atoms with van der Waals surface area (Å²) in [5.74, 6) is -0.00616. The lowest BCUT2D eigenvalue weighted by atomic mass is 9.51. The van der Waals surface area contributed by atoms with Gasteiger partial charge < -0.3 is 9.47 Å². The van der Waals surface area contributed by atoms with Crippen molar-refractivity contribution in [2.45, 2.75) is 38.7 Å². The van der Waals surface area contributed by atoms with Gasteiger partial charge in [0.15, 0.2) is 0 Å². The summed E-state index contributed by atoms with van der Waals surface area (Å²) in [7, 11) is 1.92. The van der Waals surface area contributed by atoms with Crippen molar-refractivity contribution in [3.05, 3.63) is 18.0 Å². The van der Waals surface area contributed by atoms with Crippen molar-refractivity contribution in [3.63, 3.8) is 0 Å². The number of aromatic nitrogens is 2. The summed E-state index contributed by atoms with van der Waals surface area (Å²) in [6.07, 6.45) is 2.64. The Morgan fingerprint density at radius 3 is 2.65 bits per heavy atom. The lowest BCUT2D eigenvalue weighted by Crippen LogP contribution is -2.61. The zero-order chi connectivity index (χ0) is 14.5. The molecule has 110 valence electrons. The molecule has 1 saturated carbocycles. The Bertz CT molecular complexity index is 525. The van der Waals surface area contributed by atoms with Crippen molar-refractivity contribution < 1.29 is 14.3 Å². The van der Waals surface area contributed by atoms with Crippen LogP contribution in [0, 0.1) is 11.3 Å². The third kappa shape index (κ3) is 2.04. The number of ether oxygens (including phenoxy) is 2. The third-order valence-corrected chi connectivity index (χ3v) is 4.35. The molecule has 2 heterocycles. The number of rotatable bonds is 2. The summed E-state index contributed by atoms with van der Waals surface area (Å²) >= 11 is 0. The second-order valence-corrected chi connectivity index (χ2v) is 7.06. The Morgan fingerprint density at radius 1 is 1.50 bits per heavy atom. The SMILES string of the molecule is Cn1nccc1C1C(C(=O)OC(C)(C)C)CC12COC2. The zero-order valence-electron chi connectivity index (χ0n) is 12.5. The number of aryl methyl sites for hydroxylation is 1. The van der Waals surface area contributed by atoms with Gasteiger partial charge in [0.2, 0.25) is 0 Å². The van der Waals surface area contributed by atoms with E-state index in [0.29, 0.717) is 0 Å². The molecule has 0 amide bonds. The van der Waals surface area contributed by atoms with Crippen LogP contribution >= 0.6 is 0 Å². The second kappa shape index (κ2) is 4.32. The summed E-state index contributed by atoms with van der Waals surface area (Å²) in [4.78, 5) is 12.4. The molecule has 0 aromatic carbocycles. The van der Waals surface area contributed by atoms with E-state index in [1.807, 2.05) is 38.6 Å². The van der Waals surface area contributed by atoms with Crippen LogP contribution in [0.2, 0.25) is 0 Å². The number of carbonyl (C=O) groups is 1. The van der Waals surface area contributed by atoms with Gasteiger partial charge in [-0.25, -0.2) is 0 Å². The predicted molar refractivity (Wildman–Crippen MR) is 73.2 cm³/mol. The first kappa shape index (κ1) is 13.6. The van der Waals surface area contributed by atoms with Gasteiger partial charge in [-0.2, -0.15) is 5.10 Å². The highest BCUT2D eigenvalue weighted by Crippen LogP contribution is 2.61. The molecular formula is C15H22N2O3. The second-order valence-electron chi connectivity index (χ2n) is 7.06. The Morgan fingerprint density at radius 2 is 2.20 bits per heavy atom. The lowest BCUT2D eigenvalue weighted by Gasteiger charge is -2.58. The molecular weight excluding hydrogens is 256 g/mol. The van der Waals surface area contributed by atoms with Crippen LogP contribution in [0.25, 0.3) is 0 Å². The minimum absolute atomic E-state index is 0.0754. The van der Waals surface area contributed by atoms with Crippen molar-refractivity contribution >= 4 is 5.97 Å². The summed E-state index contributed by atoms with van der Waals surface area (Å²) in [5, 5.41) is 4.24. The van der Waals surface area contributed by atoms with Gasteiger partial charge in [0.1, 0.15) is 5.60 Å². The number of hydrogen-bond acceptors (Lipinski definition) is 4. The summed E-state index contributed by atoms with van der Waals surface area (Å²) in [6, 6.07) is 2.00. The molecule has 1 aromatic rings. The molecule has 1 aliphatic carbocycles. The van der Waals surface area contributed by atoms with Crippen LogP contribution in [-0.2, 0) is 21.3 Å². The minimum Gasteiger partial charge on any atom is -0.460 e. The normalized spacial score (nSPS) is 27.8. The van der Waals surface area contributed by atoms with E-state index < -0.39 is 5.60 Å². The number of nitrogens with zero attached hydrogens (tertiary/aromatic N) is 2. The molecule has 2 atom stereocenters. The smallest absolute Gasteiger partial charge is 0.310 e. The summed E-state index contributed by atoms with van der Waals surface area (Å²) < 4.78 is 12.8. The molecule has 5 nitrogen and oxygen atoms in total. The first-order chi connectivity index (χ1) is 9.32. The molecule has 2 unspecified atom stereocenters. The van der Waals surface area contributed by atoms with E-state index in [0.717, 1.165) is 25.3 Å². The standard InChI is InChI=1S/C15H22N2O3/c1-14(2,3)20-13(18)10-7-15(8-19-9-15)12(10)11-5-6-16-17(11)4/h5-6,10,12H,7-9H2,1-4H3. The van der Waals surface area contributed by atoms with Crippen molar-refractivity contribution in [2.24, 2.45) is 18.4 Å². The van der Waals surface area contributed by atoms with Gasteiger partial charge in [-0.1, -0.05) is 0 Å². The molecule has 0 radical (unpaired) electrons. The van der Waals surface area contributed by atoms with Crippen LogP contribution < -0.4 is 0 Å². The molecule has 0 bridgehead atoms. The Kier molecular flexibility index (Phi) is 2.94. The highest BCUT2D eigenvalue weighted by Gasteiger charge is 2.62. The molecule has 5 heteroatoms. The van der Waals surface area contributed by atoms with Gasteiger partial charge in [0.05, 0.1) is 19.1 Å². The highest BCUT2D eigenvalue weighted by molar-refractivity contribution is 5.76. The van der Waals surface area contributed by atoms with Crippen molar-refractivity contribution in [3.8, 4) is 0 Å². The van der Waals surface area contributed by atoms with Gasteiger partial charge in [-0.15, -0.1) is 0 Å². The van der Waals surface area contributed by atoms with E-state index in [4.69, 9.17) is 9.47 Å². The van der Waals surface area contributed by atoms with Crippen molar-refractivity contribution in [1.29, 1.82) is 0 Å². The maximum atomic E-state index is 12.4. The van der Waals surface area contributed by atoms with Crippen molar-refractivity contribution in [1.82, 2.24) is 9.78 Å². The monoisotopic (exact) mass is 278 g/mol. The molecule has 2 aliphatic rings. The van der Waals surface area contributed by atoms with Gasteiger partial charge in [0.25, 0.3) is 0 Å². The fraction of sp³-hybridized carbons (Fsp3) is 0.733. The first-order valence-corrected chi connectivity index (χ1v) is 7.11. The molecule has 20 heavy (non-hydrogen) atoms. The van der Waals surface area contributed by atoms with E-state index in [2.05, 4.69) is 5.10 Å². The maximum Gasteiger partial charge on any atom is 0.310 e. The Hall–Kier alpha value is -1.36. The lowest BCUT2D eigenvalue weighted by molar-refractivity contribution is -0.214. The van der Waals surface area contributed by atoms with Crippen LogP contribution in [0.15, 0.2) is 12.3 Å². The van der Waals surface area contributed by atoms with Crippen LogP contribution in [0.1, 0.15) is 38.8 Å². The average molecular weight is 278 g/mol. The van der Waals surface area contributed by atoms with Crippen LogP contribution in [0.4, 0.5) is 0 Å². The Balaban J connectivity index is 1.83.